The third-order valence-electron chi connectivity index (χ3n) is 9.51. The monoisotopic (exact) mass is 704 g/mol. The Bertz CT molecular complexity index is 1210. The lowest BCUT2D eigenvalue weighted by Gasteiger charge is -2.34. The SMILES string of the molecule is CCCCCCCCCCCCCCC(CCOC(=O)C[n+]1ccccc1)(CCOC(=O)C[n+]1ccccc1)CCOC(=O)C[n+]1ccccc1. The molecular weight excluding hydrogens is 642 g/mol. The second-order valence-electron chi connectivity index (χ2n) is 13.7. The van der Waals surface area contributed by atoms with Crippen molar-refractivity contribution in [1.82, 2.24) is 0 Å². The smallest absolute Gasteiger partial charge is 0.372 e. The summed E-state index contributed by atoms with van der Waals surface area (Å²) in [5.74, 6) is -0.908. The van der Waals surface area contributed by atoms with Crippen molar-refractivity contribution in [3.8, 4) is 0 Å². The van der Waals surface area contributed by atoms with Crippen molar-refractivity contribution in [1.29, 1.82) is 0 Å². The average molecular weight is 705 g/mol. The molecule has 0 bridgehead atoms. The Hall–Kier alpha value is -4.14. The topological polar surface area (TPSA) is 90.5 Å². The number of esters is 3. The third-order valence-corrected chi connectivity index (χ3v) is 9.51. The minimum absolute atomic E-state index is 0.135. The zero-order valence-electron chi connectivity index (χ0n) is 31.0. The van der Waals surface area contributed by atoms with Crippen LogP contribution in [0.5, 0.6) is 0 Å². The van der Waals surface area contributed by atoms with E-state index >= 15 is 0 Å². The molecule has 0 unspecified atom stereocenters. The molecule has 0 aliphatic carbocycles. The van der Waals surface area contributed by atoms with Crippen LogP contribution in [0.3, 0.4) is 0 Å². The van der Waals surface area contributed by atoms with Crippen molar-refractivity contribution >= 4 is 17.9 Å². The van der Waals surface area contributed by atoms with Crippen LogP contribution in [0.25, 0.3) is 0 Å². The van der Waals surface area contributed by atoms with Crippen LogP contribution in [0, 0.1) is 5.41 Å². The fourth-order valence-corrected chi connectivity index (χ4v) is 6.44. The second-order valence-corrected chi connectivity index (χ2v) is 13.7. The van der Waals surface area contributed by atoms with Gasteiger partial charge in [-0.3, -0.25) is 0 Å². The number of rotatable bonds is 28. The summed E-state index contributed by atoms with van der Waals surface area (Å²) < 4.78 is 22.6. The standard InChI is InChI=1S/C42H62N3O6/c1-2-3-4-5-6-7-8-9-10-11-12-16-23-42(24-33-49-39(46)36-43-27-17-13-18-28-43,25-34-50-40(47)37-44-29-19-14-20-30-44)26-35-51-41(48)38-45-31-21-15-22-32-45/h13-15,17-22,27-32H,2-12,16,23-26,33-38H2,1H3/q+3. The van der Waals surface area contributed by atoms with Gasteiger partial charge in [0, 0.05) is 36.4 Å². The van der Waals surface area contributed by atoms with Gasteiger partial charge in [-0.05, 0) is 31.1 Å². The summed E-state index contributed by atoms with van der Waals surface area (Å²) in [6.45, 7) is 3.39. The van der Waals surface area contributed by atoms with Crippen molar-refractivity contribution < 1.29 is 42.3 Å². The molecule has 51 heavy (non-hydrogen) atoms. The van der Waals surface area contributed by atoms with Crippen LogP contribution in [0.1, 0.15) is 110 Å². The number of hydrogen-bond acceptors (Lipinski definition) is 6. The minimum atomic E-state index is -0.334. The molecule has 9 heteroatoms. The lowest BCUT2D eigenvalue weighted by molar-refractivity contribution is -0.686. The van der Waals surface area contributed by atoms with Crippen LogP contribution in [0.15, 0.2) is 91.8 Å². The van der Waals surface area contributed by atoms with E-state index in [-0.39, 0.29) is 62.8 Å². The summed E-state index contributed by atoms with van der Waals surface area (Å²) in [4.78, 5) is 38.2. The average Bonchev–Trinajstić information content (AvgIpc) is 3.13. The summed E-state index contributed by atoms with van der Waals surface area (Å²) in [6, 6.07) is 17.0. The molecular formula is C42H62N3O6+3. The molecule has 3 rings (SSSR count). The molecule has 9 nitrogen and oxygen atoms in total. The molecule has 0 spiro atoms. The fraction of sp³-hybridized carbons (Fsp3) is 0.571. The van der Waals surface area contributed by atoms with Gasteiger partial charge in [0.05, 0.1) is 19.8 Å². The van der Waals surface area contributed by atoms with Gasteiger partial charge in [0.15, 0.2) is 37.2 Å². The highest BCUT2D eigenvalue weighted by Gasteiger charge is 2.31. The van der Waals surface area contributed by atoms with Crippen LogP contribution >= 0.6 is 0 Å². The molecule has 3 aromatic heterocycles. The first kappa shape index (κ1) is 41.3. The van der Waals surface area contributed by atoms with E-state index in [2.05, 4.69) is 6.92 Å². The number of nitrogens with zero attached hydrogens (tertiary/aromatic N) is 3. The molecule has 0 fully saturated rings. The molecule has 0 N–H and O–H groups in total. The second kappa shape index (κ2) is 25.8. The quantitative estimate of drug-likeness (QED) is 0.0357. The van der Waals surface area contributed by atoms with E-state index in [1.165, 1.54) is 64.2 Å². The van der Waals surface area contributed by atoms with E-state index in [1.54, 1.807) is 13.7 Å². The number of carbonyl (C=O) groups excluding carboxylic acids is 3. The Labute approximate surface area is 306 Å². The summed E-state index contributed by atoms with van der Waals surface area (Å²) in [7, 11) is 0. The molecule has 0 saturated carbocycles. The summed E-state index contributed by atoms with van der Waals surface area (Å²) in [5.41, 5.74) is -0.334. The third kappa shape index (κ3) is 19.2. The normalized spacial score (nSPS) is 11.2. The van der Waals surface area contributed by atoms with E-state index in [0.29, 0.717) is 19.3 Å². The molecule has 0 radical (unpaired) electrons. The van der Waals surface area contributed by atoms with Crippen LogP contribution in [-0.4, -0.2) is 37.7 Å². The number of aromatic nitrogens is 3. The first-order valence-electron chi connectivity index (χ1n) is 19.3. The van der Waals surface area contributed by atoms with Crippen molar-refractivity contribution in [3.05, 3.63) is 91.8 Å². The van der Waals surface area contributed by atoms with Gasteiger partial charge in [0.1, 0.15) is 0 Å². The van der Waals surface area contributed by atoms with Gasteiger partial charge in [0.2, 0.25) is 19.6 Å². The van der Waals surface area contributed by atoms with Gasteiger partial charge in [0.25, 0.3) is 0 Å². The Morgan fingerprint density at radius 1 is 0.412 bits per heavy atom. The summed E-state index contributed by atoms with van der Waals surface area (Å²) in [5, 5.41) is 0. The lowest BCUT2D eigenvalue weighted by Crippen LogP contribution is -2.39. The van der Waals surface area contributed by atoms with Crippen LogP contribution in [0.2, 0.25) is 0 Å². The van der Waals surface area contributed by atoms with Gasteiger partial charge < -0.3 is 14.2 Å². The summed E-state index contributed by atoms with van der Waals surface area (Å²) in [6.07, 6.45) is 28.8. The van der Waals surface area contributed by atoms with Crippen LogP contribution in [0.4, 0.5) is 0 Å². The molecule has 278 valence electrons. The molecule has 0 aliphatic heterocycles. The highest BCUT2D eigenvalue weighted by molar-refractivity contribution is 5.68. The zero-order valence-corrected chi connectivity index (χ0v) is 31.0. The summed E-state index contributed by atoms with van der Waals surface area (Å²) >= 11 is 0. The van der Waals surface area contributed by atoms with Crippen LogP contribution < -0.4 is 13.7 Å². The molecule has 0 atom stereocenters. The molecule has 0 amide bonds. The molecule has 0 aliphatic rings. The van der Waals surface area contributed by atoms with E-state index < -0.39 is 0 Å². The number of pyridine rings is 3. The molecule has 3 heterocycles. The van der Waals surface area contributed by atoms with E-state index in [0.717, 1.165) is 19.3 Å². The predicted molar refractivity (Wildman–Crippen MR) is 195 cm³/mol. The molecule has 0 saturated heterocycles. The van der Waals surface area contributed by atoms with E-state index in [9.17, 15) is 14.4 Å². The maximum absolute atomic E-state index is 12.7. The predicted octanol–water partition coefficient (Wildman–Crippen LogP) is 6.83. The highest BCUT2D eigenvalue weighted by Crippen LogP contribution is 2.37. The van der Waals surface area contributed by atoms with E-state index in [4.69, 9.17) is 14.2 Å². The van der Waals surface area contributed by atoms with E-state index in [1.807, 2.05) is 91.8 Å². The zero-order chi connectivity index (χ0) is 36.2. The fourth-order valence-electron chi connectivity index (χ4n) is 6.44. The van der Waals surface area contributed by atoms with Gasteiger partial charge in [-0.2, -0.15) is 13.7 Å². The maximum Gasteiger partial charge on any atom is 0.372 e. The Morgan fingerprint density at radius 3 is 1.02 bits per heavy atom. The first-order valence-corrected chi connectivity index (χ1v) is 19.3. The first-order chi connectivity index (χ1) is 25.0. The van der Waals surface area contributed by atoms with Crippen molar-refractivity contribution in [2.24, 2.45) is 5.41 Å². The lowest BCUT2D eigenvalue weighted by atomic mass is 9.74. The number of hydrogen-bond donors (Lipinski definition) is 0. The molecule has 3 aromatic rings. The molecule has 0 aromatic carbocycles. The van der Waals surface area contributed by atoms with Crippen molar-refractivity contribution in [2.45, 2.75) is 129 Å². The van der Waals surface area contributed by atoms with Gasteiger partial charge in [-0.25, -0.2) is 14.4 Å². The Morgan fingerprint density at radius 2 is 0.706 bits per heavy atom. The minimum Gasteiger partial charge on any atom is -0.461 e. The van der Waals surface area contributed by atoms with Gasteiger partial charge in [-0.1, -0.05) is 102 Å². The van der Waals surface area contributed by atoms with Crippen LogP contribution in [-0.2, 0) is 48.2 Å². The largest absolute Gasteiger partial charge is 0.461 e. The number of carbonyl (C=O) groups is 3. The maximum atomic E-state index is 12.7. The highest BCUT2D eigenvalue weighted by atomic mass is 16.5. The van der Waals surface area contributed by atoms with Gasteiger partial charge in [-0.15, -0.1) is 0 Å². The Kier molecular flexibility index (Phi) is 20.8. The van der Waals surface area contributed by atoms with Crippen molar-refractivity contribution in [2.75, 3.05) is 19.8 Å². The number of unbranched alkanes of at least 4 members (excludes halogenated alkanes) is 11. The van der Waals surface area contributed by atoms with Gasteiger partial charge >= 0.3 is 17.9 Å². The van der Waals surface area contributed by atoms with Crippen molar-refractivity contribution in [3.63, 3.8) is 0 Å². The number of ether oxygens (including phenoxy) is 3. The Balaban J connectivity index is 1.58.